The van der Waals surface area contributed by atoms with Crippen molar-refractivity contribution >= 4 is 16.1 Å². The second-order valence-corrected chi connectivity index (χ2v) is 7.48. The highest BCUT2D eigenvalue weighted by Gasteiger charge is 2.49. The Hall–Kier alpha value is -2.50. The Morgan fingerprint density at radius 3 is 2.30 bits per heavy atom. The van der Waals surface area contributed by atoms with Crippen LogP contribution < -0.4 is 13.7 Å². The summed E-state index contributed by atoms with van der Waals surface area (Å²) in [5.74, 6) is -2.87. The van der Waals surface area contributed by atoms with Crippen molar-refractivity contribution in [2.75, 3.05) is 20.9 Å². The summed E-state index contributed by atoms with van der Waals surface area (Å²) in [5.41, 5.74) is -6.51. The van der Waals surface area contributed by atoms with Crippen LogP contribution in [0.1, 0.15) is 36.0 Å². The van der Waals surface area contributed by atoms with Crippen molar-refractivity contribution in [1.82, 2.24) is 0 Å². The van der Waals surface area contributed by atoms with Gasteiger partial charge in [-0.2, -0.15) is 21.6 Å². The Labute approximate surface area is 171 Å². The first-order valence-electron chi connectivity index (χ1n) is 8.65. The van der Waals surface area contributed by atoms with E-state index >= 15 is 0 Å². The van der Waals surface area contributed by atoms with Gasteiger partial charge in [-0.15, -0.1) is 6.58 Å². The Bertz CT molecular complexity index is 838. The molecule has 0 saturated carbocycles. The van der Waals surface area contributed by atoms with Crippen molar-refractivity contribution in [2.45, 2.75) is 37.3 Å². The SMILES string of the molecule is C=CCCCC[C@@H](CF)OC(=O)c1c(OC)cc(OC)cc1OS(=O)(=O)C(F)(F)F. The third-order valence-corrected chi connectivity index (χ3v) is 4.78. The van der Waals surface area contributed by atoms with E-state index in [1.807, 2.05) is 0 Å². The average molecular weight is 458 g/mol. The minimum absolute atomic E-state index is 0.144. The lowest BCUT2D eigenvalue weighted by Crippen LogP contribution is -2.29. The van der Waals surface area contributed by atoms with Gasteiger partial charge >= 0.3 is 21.6 Å². The molecule has 0 aromatic heterocycles. The molecular formula is C18H22F4O7S. The molecule has 30 heavy (non-hydrogen) atoms. The van der Waals surface area contributed by atoms with Crippen LogP contribution in [0.2, 0.25) is 0 Å². The topological polar surface area (TPSA) is 88.1 Å². The summed E-state index contributed by atoms with van der Waals surface area (Å²) >= 11 is 0. The molecule has 0 aliphatic heterocycles. The molecule has 7 nitrogen and oxygen atoms in total. The maximum Gasteiger partial charge on any atom is 0.534 e. The number of benzene rings is 1. The minimum Gasteiger partial charge on any atom is -0.496 e. The van der Waals surface area contributed by atoms with Crippen LogP contribution >= 0.6 is 0 Å². The van der Waals surface area contributed by atoms with E-state index in [0.29, 0.717) is 19.3 Å². The van der Waals surface area contributed by atoms with E-state index in [1.165, 1.54) is 0 Å². The lowest BCUT2D eigenvalue weighted by Gasteiger charge is -2.19. The van der Waals surface area contributed by atoms with E-state index in [-0.39, 0.29) is 17.9 Å². The van der Waals surface area contributed by atoms with E-state index < -0.39 is 45.7 Å². The van der Waals surface area contributed by atoms with Gasteiger partial charge in [0.05, 0.1) is 14.2 Å². The fourth-order valence-electron chi connectivity index (χ4n) is 2.32. The first-order valence-corrected chi connectivity index (χ1v) is 10.1. The number of carbonyl (C=O) groups is 1. The molecule has 0 bridgehead atoms. The summed E-state index contributed by atoms with van der Waals surface area (Å²) in [6.45, 7) is 2.50. The summed E-state index contributed by atoms with van der Waals surface area (Å²) in [7, 11) is -3.88. The maximum absolute atomic E-state index is 13.2. The van der Waals surface area contributed by atoms with Gasteiger partial charge in [0.15, 0.2) is 5.75 Å². The lowest BCUT2D eigenvalue weighted by atomic mass is 10.1. The maximum atomic E-state index is 13.2. The second kappa shape index (κ2) is 11.0. The van der Waals surface area contributed by atoms with Crippen LogP contribution in [-0.2, 0) is 14.9 Å². The Kier molecular flexibility index (Phi) is 9.40. The van der Waals surface area contributed by atoms with Crippen LogP contribution in [0, 0.1) is 0 Å². The summed E-state index contributed by atoms with van der Waals surface area (Å²) in [4.78, 5) is 12.6. The van der Waals surface area contributed by atoms with Crippen LogP contribution in [-0.4, -0.2) is 46.9 Å². The third-order valence-electron chi connectivity index (χ3n) is 3.81. The number of hydrogen-bond acceptors (Lipinski definition) is 7. The van der Waals surface area contributed by atoms with E-state index in [2.05, 4.69) is 10.8 Å². The number of esters is 1. The van der Waals surface area contributed by atoms with E-state index in [0.717, 1.165) is 26.4 Å². The van der Waals surface area contributed by atoms with Crippen LogP contribution in [0.15, 0.2) is 24.8 Å². The molecule has 1 atom stereocenters. The quantitative estimate of drug-likeness (QED) is 0.116. The Morgan fingerprint density at radius 2 is 1.80 bits per heavy atom. The minimum atomic E-state index is -6.11. The van der Waals surface area contributed by atoms with Crippen LogP contribution in [0.4, 0.5) is 17.6 Å². The highest BCUT2D eigenvalue weighted by atomic mass is 32.2. The summed E-state index contributed by atoms with van der Waals surface area (Å²) < 4.78 is 93.2. The number of ether oxygens (including phenoxy) is 3. The highest BCUT2D eigenvalue weighted by molar-refractivity contribution is 7.88. The predicted octanol–water partition coefficient (Wildman–Crippen LogP) is 4.17. The van der Waals surface area contributed by atoms with Gasteiger partial charge < -0.3 is 18.4 Å². The standard InChI is InChI=1S/C18H22F4O7S/c1-4-5-6-7-8-12(11-19)28-17(23)16-14(27-3)9-13(26-2)10-15(16)29-30(24,25)18(20,21)22/h4,9-10,12H,1,5-8,11H2,2-3H3/t12-/m0/s1. The number of allylic oxidation sites excluding steroid dienone is 1. The van der Waals surface area contributed by atoms with E-state index in [1.54, 1.807) is 6.08 Å². The highest BCUT2D eigenvalue weighted by Crippen LogP contribution is 2.38. The number of methoxy groups -OCH3 is 2. The van der Waals surface area contributed by atoms with Crippen LogP contribution in [0.5, 0.6) is 17.2 Å². The molecule has 0 spiro atoms. The van der Waals surface area contributed by atoms with Crippen molar-refractivity contribution in [2.24, 2.45) is 0 Å². The largest absolute Gasteiger partial charge is 0.534 e. The number of hydrogen-bond donors (Lipinski definition) is 0. The van der Waals surface area contributed by atoms with Crippen LogP contribution in [0.25, 0.3) is 0 Å². The zero-order chi connectivity index (χ0) is 22.9. The van der Waals surface area contributed by atoms with Gasteiger partial charge in [0.1, 0.15) is 29.8 Å². The summed E-state index contributed by atoms with van der Waals surface area (Å²) in [6.07, 6.45) is 2.46. The van der Waals surface area contributed by atoms with Crippen molar-refractivity contribution in [1.29, 1.82) is 0 Å². The Balaban J connectivity index is 3.28. The molecule has 0 aliphatic rings. The normalized spacial score (nSPS) is 12.7. The molecule has 0 fully saturated rings. The first kappa shape index (κ1) is 25.5. The smallest absolute Gasteiger partial charge is 0.496 e. The van der Waals surface area contributed by atoms with Gasteiger partial charge in [-0.3, -0.25) is 0 Å². The molecule has 0 N–H and O–H groups in total. The van der Waals surface area contributed by atoms with Gasteiger partial charge in [-0.05, 0) is 25.7 Å². The molecule has 0 saturated heterocycles. The Morgan fingerprint density at radius 1 is 1.17 bits per heavy atom. The number of rotatable bonds is 12. The zero-order valence-corrected chi connectivity index (χ0v) is 17.1. The second-order valence-electron chi connectivity index (χ2n) is 5.94. The van der Waals surface area contributed by atoms with Crippen molar-refractivity contribution < 1.29 is 49.2 Å². The average Bonchev–Trinajstić information content (AvgIpc) is 2.68. The molecule has 1 rings (SSSR count). The molecule has 0 amide bonds. The van der Waals surface area contributed by atoms with Gasteiger partial charge in [0.25, 0.3) is 0 Å². The lowest BCUT2D eigenvalue weighted by molar-refractivity contribution is -0.0501. The molecule has 1 aromatic carbocycles. The van der Waals surface area contributed by atoms with Gasteiger partial charge in [0.2, 0.25) is 0 Å². The molecule has 0 unspecified atom stereocenters. The molecule has 0 heterocycles. The van der Waals surface area contributed by atoms with Crippen molar-refractivity contribution in [3.63, 3.8) is 0 Å². The number of carbonyl (C=O) groups excluding carboxylic acids is 1. The summed E-state index contributed by atoms with van der Waals surface area (Å²) in [5, 5.41) is 0. The molecule has 12 heteroatoms. The molecule has 1 aromatic rings. The summed E-state index contributed by atoms with van der Waals surface area (Å²) in [6, 6.07) is 1.86. The van der Waals surface area contributed by atoms with Gasteiger partial charge in [0, 0.05) is 12.1 Å². The van der Waals surface area contributed by atoms with Gasteiger partial charge in [-0.25, -0.2) is 9.18 Å². The molecule has 0 radical (unpaired) electrons. The number of halogens is 4. The van der Waals surface area contributed by atoms with Crippen LogP contribution in [0.3, 0.4) is 0 Å². The van der Waals surface area contributed by atoms with Crippen molar-refractivity contribution in [3.8, 4) is 17.2 Å². The first-order chi connectivity index (χ1) is 14.0. The van der Waals surface area contributed by atoms with E-state index in [4.69, 9.17) is 14.2 Å². The fraction of sp³-hybridized carbons (Fsp3) is 0.500. The van der Waals surface area contributed by atoms with Crippen molar-refractivity contribution in [3.05, 3.63) is 30.4 Å². The fourth-order valence-corrected chi connectivity index (χ4v) is 2.78. The monoisotopic (exact) mass is 458 g/mol. The number of unbranched alkanes of at least 4 members (excludes halogenated alkanes) is 2. The zero-order valence-electron chi connectivity index (χ0n) is 16.3. The predicted molar refractivity (Wildman–Crippen MR) is 99.0 cm³/mol. The third kappa shape index (κ3) is 6.78. The van der Waals surface area contributed by atoms with E-state index in [9.17, 15) is 30.8 Å². The molecule has 170 valence electrons. The van der Waals surface area contributed by atoms with Gasteiger partial charge in [-0.1, -0.05) is 6.08 Å². The molecule has 0 aliphatic carbocycles. The molecular weight excluding hydrogens is 436 g/mol. The number of alkyl halides is 4.